The van der Waals surface area contributed by atoms with Crippen LogP contribution < -0.4 is 20.7 Å². The van der Waals surface area contributed by atoms with Gasteiger partial charge in [0.1, 0.15) is 23.6 Å². The van der Waals surface area contributed by atoms with Crippen molar-refractivity contribution >= 4 is 62.9 Å². The Morgan fingerprint density at radius 2 is 1.60 bits per heavy atom. The summed E-state index contributed by atoms with van der Waals surface area (Å²) in [5, 5.41) is 18.8. The number of hydrogen-bond donors (Lipinski definition) is 4. The zero-order chi connectivity index (χ0) is 31.2. The first-order chi connectivity index (χ1) is 20.0. The minimum Gasteiger partial charge on any atom is -0.506 e. The first-order valence-corrected chi connectivity index (χ1v) is 16.9. The van der Waals surface area contributed by atoms with Crippen molar-refractivity contribution in [2.45, 2.75) is 85.2 Å². The molecular weight excluding hydrogens is 760 g/mol. The molecule has 2 aromatic carbocycles. The lowest BCUT2D eigenvalue weighted by Crippen LogP contribution is -2.56. The van der Waals surface area contributed by atoms with Gasteiger partial charge in [-0.1, -0.05) is 59.2 Å². The predicted octanol–water partition coefficient (Wildman–Crippen LogP) is 5.74. The molecule has 4 N–H and O–H groups in total. The van der Waals surface area contributed by atoms with E-state index in [9.17, 15) is 19.5 Å². The molecule has 0 heterocycles. The van der Waals surface area contributed by atoms with E-state index < -0.39 is 12.1 Å². The largest absolute Gasteiger partial charge is 0.506 e. The molecule has 0 aromatic heterocycles. The van der Waals surface area contributed by atoms with Crippen LogP contribution in [0, 0.1) is 19.0 Å². The molecule has 2 rings (SSSR count). The topological polar surface area (TPSA) is 117 Å². The van der Waals surface area contributed by atoms with Gasteiger partial charge in [-0.2, -0.15) is 0 Å². The van der Waals surface area contributed by atoms with Gasteiger partial charge in [0, 0.05) is 12.5 Å². The number of aryl methyl sites for hydroxylation is 1. The van der Waals surface area contributed by atoms with Gasteiger partial charge in [-0.15, -0.1) is 0 Å². The van der Waals surface area contributed by atoms with Crippen LogP contribution >= 0.6 is 45.2 Å². The van der Waals surface area contributed by atoms with Crippen LogP contribution in [0.3, 0.4) is 0 Å². The highest BCUT2D eigenvalue weighted by atomic mass is 127. The number of phenols is 1. The lowest BCUT2D eigenvalue weighted by atomic mass is 9.97. The fourth-order valence-electron chi connectivity index (χ4n) is 4.51. The van der Waals surface area contributed by atoms with Crippen LogP contribution in [-0.2, 0) is 27.2 Å². The predicted molar refractivity (Wildman–Crippen MR) is 184 cm³/mol. The van der Waals surface area contributed by atoms with E-state index in [0.717, 1.165) is 49.7 Å². The Balaban J connectivity index is 1.94. The van der Waals surface area contributed by atoms with Crippen molar-refractivity contribution in [3.63, 3.8) is 0 Å². The second-order valence-corrected chi connectivity index (χ2v) is 13.3. The van der Waals surface area contributed by atoms with E-state index in [1.165, 1.54) is 0 Å². The highest BCUT2D eigenvalue weighted by molar-refractivity contribution is 14.1. The van der Waals surface area contributed by atoms with Crippen LogP contribution in [0.1, 0.15) is 71.4 Å². The fourth-order valence-corrected chi connectivity index (χ4v) is 6.41. The lowest BCUT2D eigenvalue weighted by molar-refractivity contribution is -0.134. The monoisotopic (exact) mass is 805 g/mol. The number of amides is 3. The zero-order valence-corrected chi connectivity index (χ0v) is 29.6. The smallest absolute Gasteiger partial charge is 0.243 e. The molecular formula is C32H45I2N3O5. The van der Waals surface area contributed by atoms with Crippen LogP contribution in [0.15, 0.2) is 36.4 Å². The van der Waals surface area contributed by atoms with Crippen LogP contribution in [-0.4, -0.2) is 48.1 Å². The number of benzene rings is 2. The molecule has 0 bridgehead atoms. The van der Waals surface area contributed by atoms with E-state index in [4.69, 9.17) is 4.74 Å². The minimum atomic E-state index is -0.771. The number of carbonyl (C=O) groups is 3. The minimum absolute atomic E-state index is 0.169. The molecule has 0 saturated heterocycles. The molecule has 0 saturated carbocycles. The van der Waals surface area contributed by atoms with Crippen molar-refractivity contribution in [1.29, 1.82) is 0 Å². The standard InChI is InChI=1S/C32H45I2N3O5/c1-6-11-26(31(40)35-15-10-13-23-12-8-9-14-27(23)42-16-7-2)36-32(41)28(20(3)4)37-30(39)21(5)17-22-18-24(33)29(38)25(34)19-22/h8-9,12,14,18-21,26,28,38H,6-7,10-11,13,15-17H2,1-5H3,(H,35,40)(H,36,41)(H,37,39)/t21-,26+,28-/m1/s1. The van der Waals surface area contributed by atoms with Crippen LogP contribution in [0.5, 0.6) is 11.5 Å². The van der Waals surface area contributed by atoms with Crippen molar-refractivity contribution in [1.82, 2.24) is 16.0 Å². The highest BCUT2D eigenvalue weighted by Gasteiger charge is 2.29. The van der Waals surface area contributed by atoms with Gasteiger partial charge in [0.2, 0.25) is 17.7 Å². The quantitative estimate of drug-likeness (QED) is 0.120. The molecule has 0 fully saturated rings. The number of ether oxygens (including phenoxy) is 1. The van der Waals surface area contributed by atoms with Crippen LogP contribution in [0.4, 0.5) is 0 Å². The molecule has 0 aliphatic carbocycles. The second kappa shape index (κ2) is 18.5. The normalized spacial score (nSPS) is 13.2. The summed E-state index contributed by atoms with van der Waals surface area (Å²) in [6, 6.07) is 10.2. The summed E-state index contributed by atoms with van der Waals surface area (Å²) in [6.45, 7) is 10.7. The summed E-state index contributed by atoms with van der Waals surface area (Å²) in [5.41, 5.74) is 2.05. The molecule has 0 unspecified atom stereocenters. The molecule has 2 aromatic rings. The van der Waals surface area contributed by atoms with Crippen LogP contribution in [0.25, 0.3) is 0 Å². The molecule has 42 heavy (non-hydrogen) atoms. The third-order valence-electron chi connectivity index (χ3n) is 6.88. The van der Waals surface area contributed by atoms with Crippen molar-refractivity contribution in [2.24, 2.45) is 11.8 Å². The maximum atomic E-state index is 13.3. The van der Waals surface area contributed by atoms with Crippen molar-refractivity contribution in [3.05, 3.63) is 54.7 Å². The molecule has 3 atom stereocenters. The highest BCUT2D eigenvalue weighted by Crippen LogP contribution is 2.28. The van der Waals surface area contributed by atoms with Gasteiger partial charge < -0.3 is 25.8 Å². The van der Waals surface area contributed by atoms with E-state index in [0.29, 0.717) is 26.0 Å². The van der Waals surface area contributed by atoms with Gasteiger partial charge in [0.25, 0.3) is 0 Å². The van der Waals surface area contributed by atoms with Gasteiger partial charge in [-0.05, 0) is 113 Å². The number of halogens is 2. The van der Waals surface area contributed by atoms with Crippen molar-refractivity contribution in [3.8, 4) is 11.5 Å². The lowest BCUT2D eigenvalue weighted by Gasteiger charge is -2.26. The molecule has 3 amide bonds. The van der Waals surface area contributed by atoms with Crippen molar-refractivity contribution in [2.75, 3.05) is 13.2 Å². The molecule has 0 aliphatic rings. The third-order valence-corrected chi connectivity index (χ3v) is 8.52. The SMILES string of the molecule is CCCOc1ccccc1CCCNC(=O)[C@H](CCC)NC(=O)[C@H](NC(=O)[C@H](C)Cc1cc(I)c(O)c(I)c1)C(C)C. The maximum Gasteiger partial charge on any atom is 0.243 e. The van der Waals surface area contributed by atoms with E-state index >= 15 is 0 Å². The maximum absolute atomic E-state index is 13.3. The zero-order valence-electron chi connectivity index (χ0n) is 25.3. The summed E-state index contributed by atoms with van der Waals surface area (Å²) in [4.78, 5) is 39.4. The average Bonchev–Trinajstić information content (AvgIpc) is 2.95. The number of aromatic hydroxyl groups is 1. The average molecular weight is 806 g/mol. The van der Waals surface area contributed by atoms with Gasteiger partial charge in [-0.25, -0.2) is 0 Å². The third kappa shape index (κ3) is 11.5. The summed E-state index contributed by atoms with van der Waals surface area (Å²) in [7, 11) is 0. The number of hydrogen-bond acceptors (Lipinski definition) is 5. The summed E-state index contributed by atoms with van der Waals surface area (Å²) >= 11 is 4.14. The first-order valence-electron chi connectivity index (χ1n) is 14.7. The summed E-state index contributed by atoms with van der Waals surface area (Å²) in [5.74, 6) is -0.262. The number of para-hydroxylation sites is 1. The molecule has 8 nitrogen and oxygen atoms in total. The molecule has 0 spiro atoms. The summed E-state index contributed by atoms with van der Waals surface area (Å²) < 4.78 is 7.29. The van der Waals surface area contributed by atoms with Gasteiger partial charge in [0.15, 0.2) is 0 Å². The Kier molecular flexibility index (Phi) is 15.9. The number of phenolic OH excluding ortho intramolecular Hbond substituents is 1. The van der Waals surface area contributed by atoms with E-state index in [1.807, 2.05) is 64.1 Å². The van der Waals surface area contributed by atoms with Crippen LogP contribution in [0.2, 0.25) is 0 Å². The first kappa shape index (κ1) is 36.1. The second-order valence-electron chi connectivity index (χ2n) is 10.9. The Morgan fingerprint density at radius 3 is 2.21 bits per heavy atom. The Labute approximate surface area is 277 Å². The van der Waals surface area contributed by atoms with E-state index in [2.05, 4.69) is 68.1 Å². The molecule has 10 heteroatoms. The Hall–Kier alpha value is -2.09. The van der Waals surface area contributed by atoms with Gasteiger partial charge in [-0.3, -0.25) is 14.4 Å². The van der Waals surface area contributed by atoms with E-state index in [1.54, 1.807) is 0 Å². The Morgan fingerprint density at radius 1 is 0.929 bits per heavy atom. The van der Waals surface area contributed by atoms with Crippen molar-refractivity contribution < 1.29 is 24.2 Å². The number of rotatable bonds is 17. The molecule has 232 valence electrons. The number of carbonyl (C=O) groups excluding carboxylic acids is 3. The molecule has 0 radical (unpaired) electrons. The van der Waals surface area contributed by atoms with Gasteiger partial charge >= 0.3 is 0 Å². The molecule has 0 aliphatic heterocycles. The Bertz CT molecular complexity index is 1170. The van der Waals surface area contributed by atoms with Gasteiger partial charge in [0.05, 0.1) is 13.7 Å². The fraction of sp³-hybridized carbons (Fsp3) is 0.531. The van der Waals surface area contributed by atoms with E-state index in [-0.39, 0.29) is 35.3 Å². The summed E-state index contributed by atoms with van der Waals surface area (Å²) in [6.07, 6.45) is 4.15. The number of nitrogens with one attached hydrogen (secondary N) is 3.